The first kappa shape index (κ1) is 17.9. The molecule has 0 spiro atoms. The minimum atomic E-state index is -3.52. The predicted molar refractivity (Wildman–Crippen MR) is 81.3 cm³/mol. The van der Waals surface area contributed by atoms with Crippen molar-refractivity contribution >= 4 is 28.4 Å². The Labute approximate surface area is 130 Å². The Morgan fingerprint density at radius 1 is 1.33 bits per heavy atom. The normalized spacial score (nSPS) is 19.6. The minimum absolute atomic E-state index is 0. The Bertz CT molecular complexity index is 589. The van der Waals surface area contributed by atoms with Crippen molar-refractivity contribution in [2.24, 2.45) is 0 Å². The van der Waals surface area contributed by atoms with Crippen molar-refractivity contribution in [1.29, 1.82) is 0 Å². The molecular weight excluding hydrogens is 316 g/mol. The van der Waals surface area contributed by atoms with Gasteiger partial charge >= 0.3 is 5.97 Å². The van der Waals surface area contributed by atoms with Gasteiger partial charge in [-0.1, -0.05) is 0 Å². The molecule has 1 heterocycles. The molecule has 21 heavy (non-hydrogen) atoms. The maximum absolute atomic E-state index is 12.5. The van der Waals surface area contributed by atoms with Gasteiger partial charge in [0.05, 0.1) is 17.6 Å². The number of sulfonamides is 1. The van der Waals surface area contributed by atoms with E-state index in [0.29, 0.717) is 25.2 Å². The molecule has 1 fully saturated rings. The van der Waals surface area contributed by atoms with E-state index >= 15 is 0 Å². The highest BCUT2D eigenvalue weighted by Crippen LogP contribution is 2.20. The van der Waals surface area contributed by atoms with E-state index in [2.05, 4.69) is 10.1 Å². The fourth-order valence-electron chi connectivity index (χ4n) is 2.20. The molecule has 118 valence electrons. The number of hydrogen-bond acceptors (Lipinski definition) is 5. The summed E-state index contributed by atoms with van der Waals surface area (Å²) in [6, 6.07) is 5.72. The molecule has 0 bridgehead atoms. The van der Waals surface area contributed by atoms with Crippen LogP contribution < -0.4 is 5.32 Å². The van der Waals surface area contributed by atoms with Gasteiger partial charge in [0.2, 0.25) is 10.0 Å². The summed E-state index contributed by atoms with van der Waals surface area (Å²) in [4.78, 5) is 11.5. The molecular formula is C13H19ClN2O4S. The topological polar surface area (TPSA) is 75.7 Å². The van der Waals surface area contributed by atoms with Crippen LogP contribution in [0.15, 0.2) is 29.2 Å². The van der Waals surface area contributed by atoms with Crippen molar-refractivity contribution in [2.75, 3.05) is 26.7 Å². The summed E-state index contributed by atoms with van der Waals surface area (Å²) < 4.78 is 31.1. The van der Waals surface area contributed by atoms with E-state index in [-0.39, 0.29) is 23.3 Å². The first-order valence-electron chi connectivity index (χ1n) is 6.38. The Morgan fingerprint density at radius 2 is 1.95 bits per heavy atom. The number of benzene rings is 1. The molecule has 1 N–H and O–H groups in total. The van der Waals surface area contributed by atoms with Gasteiger partial charge in [0.1, 0.15) is 0 Å². The Hall–Kier alpha value is -1.15. The lowest BCUT2D eigenvalue weighted by molar-refractivity contribution is 0.0600. The van der Waals surface area contributed by atoms with Gasteiger partial charge in [-0.2, -0.15) is 4.31 Å². The van der Waals surface area contributed by atoms with Crippen LogP contribution in [0.5, 0.6) is 0 Å². The van der Waals surface area contributed by atoms with E-state index in [1.165, 1.54) is 35.7 Å². The van der Waals surface area contributed by atoms with E-state index in [1.807, 2.05) is 6.92 Å². The number of hydrogen-bond donors (Lipinski definition) is 1. The average Bonchev–Trinajstić information content (AvgIpc) is 2.47. The lowest BCUT2D eigenvalue weighted by Gasteiger charge is -2.32. The molecule has 6 nitrogen and oxygen atoms in total. The van der Waals surface area contributed by atoms with Crippen molar-refractivity contribution in [3.63, 3.8) is 0 Å². The van der Waals surface area contributed by atoms with Crippen LogP contribution in [-0.2, 0) is 14.8 Å². The third kappa shape index (κ3) is 3.74. The second kappa shape index (κ2) is 7.22. The zero-order chi connectivity index (χ0) is 14.8. The largest absolute Gasteiger partial charge is 0.465 e. The van der Waals surface area contributed by atoms with Crippen LogP contribution in [-0.4, -0.2) is 51.5 Å². The molecule has 0 aliphatic carbocycles. The highest BCUT2D eigenvalue weighted by Gasteiger charge is 2.30. The third-order valence-corrected chi connectivity index (χ3v) is 5.35. The molecule has 2 rings (SSSR count). The molecule has 1 saturated heterocycles. The van der Waals surface area contributed by atoms with Gasteiger partial charge in [0, 0.05) is 25.7 Å². The number of carbonyl (C=O) groups is 1. The monoisotopic (exact) mass is 334 g/mol. The van der Waals surface area contributed by atoms with Crippen LogP contribution >= 0.6 is 12.4 Å². The maximum Gasteiger partial charge on any atom is 0.337 e. The summed E-state index contributed by atoms with van der Waals surface area (Å²) in [5.74, 6) is -0.482. The molecule has 8 heteroatoms. The summed E-state index contributed by atoms with van der Waals surface area (Å²) >= 11 is 0. The Kier molecular flexibility index (Phi) is 6.15. The Morgan fingerprint density at radius 3 is 2.48 bits per heavy atom. The number of methoxy groups -OCH3 is 1. The van der Waals surface area contributed by atoms with Gasteiger partial charge in [-0.25, -0.2) is 13.2 Å². The Balaban J connectivity index is 0.00000220. The molecule has 1 aromatic rings. The van der Waals surface area contributed by atoms with E-state index in [1.54, 1.807) is 0 Å². The molecule has 0 radical (unpaired) electrons. The van der Waals surface area contributed by atoms with Crippen molar-refractivity contribution in [2.45, 2.75) is 17.9 Å². The van der Waals surface area contributed by atoms with Gasteiger partial charge in [0.25, 0.3) is 0 Å². The number of rotatable bonds is 3. The van der Waals surface area contributed by atoms with Gasteiger partial charge in [-0.3, -0.25) is 0 Å². The van der Waals surface area contributed by atoms with Crippen LogP contribution in [0.25, 0.3) is 0 Å². The predicted octanol–water partition coefficient (Wildman–Crippen LogP) is 0.877. The maximum atomic E-state index is 12.5. The number of halogens is 1. The number of nitrogens with one attached hydrogen (secondary N) is 1. The fourth-order valence-corrected chi connectivity index (χ4v) is 3.83. The number of piperazine rings is 1. The number of ether oxygens (including phenoxy) is 1. The van der Waals surface area contributed by atoms with E-state index in [9.17, 15) is 13.2 Å². The van der Waals surface area contributed by atoms with Crippen LogP contribution in [0.4, 0.5) is 0 Å². The highest BCUT2D eigenvalue weighted by atomic mass is 35.5. The van der Waals surface area contributed by atoms with E-state index in [0.717, 1.165) is 0 Å². The molecule has 0 saturated carbocycles. The van der Waals surface area contributed by atoms with Crippen LogP contribution in [0.3, 0.4) is 0 Å². The zero-order valence-electron chi connectivity index (χ0n) is 11.9. The summed E-state index contributed by atoms with van der Waals surface area (Å²) in [7, 11) is -2.23. The third-order valence-electron chi connectivity index (χ3n) is 3.32. The molecule has 0 aromatic heterocycles. The van der Waals surface area contributed by atoms with E-state index < -0.39 is 16.0 Å². The lowest BCUT2D eigenvalue weighted by Crippen LogP contribution is -2.52. The van der Waals surface area contributed by atoms with Crippen molar-refractivity contribution in [3.8, 4) is 0 Å². The average molecular weight is 335 g/mol. The number of carbonyl (C=O) groups excluding carboxylic acids is 1. The molecule has 1 aliphatic rings. The van der Waals surface area contributed by atoms with E-state index in [4.69, 9.17) is 0 Å². The number of esters is 1. The minimum Gasteiger partial charge on any atom is -0.465 e. The number of nitrogens with zero attached hydrogens (tertiary/aromatic N) is 1. The summed E-state index contributed by atoms with van der Waals surface area (Å²) in [5.41, 5.74) is 0.333. The van der Waals surface area contributed by atoms with Crippen molar-refractivity contribution < 1.29 is 17.9 Å². The van der Waals surface area contributed by atoms with Gasteiger partial charge in [-0.05, 0) is 31.2 Å². The fraction of sp³-hybridized carbons (Fsp3) is 0.462. The SMILES string of the molecule is COC(=O)c1ccc(S(=O)(=O)N2CCNCC2C)cc1.Cl. The van der Waals surface area contributed by atoms with Crippen molar-refractivity contribution in [3.05, 3.63) is 29.8 Å². The first-order chi connectivity index (χ1) is 9.46. The van der Waals surface area contributed by atoms with Gasteiger partial charge in [0.15, 0.2) is 0 Å². The molecule has 1 aliphatic heterocycles. The lowest BCUT2D eigenvalue weighted by atomic mass is 10.2. The van der Waals surface area contributed by atoms with Gasteiger partial charge in [-0.15, -0.1) is 12.4 Å². The van der Waals surface area contributed by atoms with Crippen molar-refractivity contribution in [1.82, 2.24) is 9.62 Å². The van der Waals surface area contributed by atoms with Gasteiger partial charge < -0.3 is 10.1 Å². The molecule has 0 amide bonds. The van der Waals surface area contributed by atoms with Crippen LogP contribution in [0.2, 0.25) is 0 Å². The summed E-state index contributed by atoms with van der Waals surface area (Å²) in [6.45, 7) is 3.60. The zero-order valence-corrected chi connectivity index (χ0v) is 13.5. The first-order valence-corrected chi connectivity index (χ1v) is 7.82. The van der Waals surface area contributed by atoms with Crippen LogP contribution in [0.1, 0.15) is 17.3 Å². The molecule has 1 unspecified atom stereocenters. The van der Waals surface area contributed by atoms with Crippen LogP contribution in [0, 0.1) is 0 Å². The standard InChI is InChI=1S/C13H18N2O4S.ClH/c1-10-9-14-7-8-15(10)20(17,18)12-5-3-11(4-6-12)13(16)19-2;/h3-6,10,14H,7-9H2,1-2H3;1H. The molecule has 1 aromatic carbocycles. The summed E-state index contributed by atoms with van der Waals surface area (Å²) in [5, 5.41) is 3.15. The molecule has 1 atom stereocenters. The smallest absolute Gasteiger partial charge is 0.337 e. The summed E-state index contributed by atoms with van der Waals surface area (Å²) in [6.07, 6.45) is 0. The second-order valence-electron chi connectivity index (χ2n) is 4.68. The second-order valence-corrected chi connectivity index (χ2v) is 6.58. The highest BCUT2D eigenvalue weighted by molar-refractivity contribution is 7.89. The quantitative estimate of drug-likeness (QED) is 0.830.